The lowest BCUT2D eigenvalue weighted by Gasteiger charge is -2.25. The van der Waals surface area contributed by atoms with Gasteiger partial charge in [0.25, 0.3) is 5.91 Å². The number of carboxylic acids is 1. The van der Waals surface area contributed by atoms with Crippen LogP contribution >= 0.6 is 0 Å². The smallest absolute Gasteiger partial charge is 0.341 e. The number of hydrogen-bond acceptors (Lipinski definition) is 6. The molecule has 0 saturated heterocycles. The van der Waals surface area contributed by atoms with Crippen LogP contribution in [0.5, 0.6) is 5.75 Å². The molecule has 9 nitrogen and oxygen atoms in total. The minimum absolute atomic E-state index is 0.131. The number of rotatable bonds is 10. The summed E-state index contributed by atoms with van der Waals surface area (Å²) in [6, 6.07) is 13.9. The summed E-state index contributed by atoms with van der Waals surface area (Å²) < 4.78 is 10.5. The number of carbonyl (C=O) groups is 4. The Hall–Kier alpha value is -3.88. The maximum atomic E-state index is 12.7. The number of aliphatic carboxylic acids is 1. The zero-order valence-electron chi connectivity index (χ0n) is 18.8. The molecule has 0 heterocycles. The number of nitrogens with one attached hydrogen (secondary N) is 2. The molecule has 1 unspecified atom stereocenters. The highest BCUT2D eigenvalue weighted by molar-refractivity contribution is 5.96. The Labute approximate surface area is 192 Å². The van der Waals surface area contributed by atoms with Crippen molar-refractivity contribution in [1.29, 1.82) is 0 Å². The third-order valence-corrected chi connectivity index (χ3v) is 4.20. The highest BCUT2D eigenvalue weighted by Crippen LogP contribution is 2.15. The second-order valence-electron chi connectivity index (χ2n) is 8.23. The molecular weight excluding hydrogens is 428 g/mol. The van der Waals surface area contributed by atoms with E-state index < -0.39 is 42.0 Å². The van der Waals surface area contributed by atoms with Gasteiger partial charge in [0.1, 0.15) is 17.4 Å². The lowest BCUT2D eigenvalue weighted by Crippen LogP contribution is -2.48. The molecule has 33 heavy (non-hydrogen) atoms. The zero-order valence-corrected chi connectivity index (χ0v) is 18.8. The third-order valence-electron chi connectivity index (χ3n) is 4.20. The van der Waals surface area contributed by atoms with Crippen LogP contribution in [-0.2, 0) is 25.5 Å². The van der Waals surface area contributed by atoms with Crippen LogP contribution in [0.3, 0.4) is 0 Å². The summed E-state index contributed by atoms with van der Waals surface area (Å²) in [7, 11) is 0. The number of esters is 1. The topological polar surface area (TPSA) is 131 Å². The van der Waals surface area contributed by atoms with Gasteiger partial charge in [-0.15, -0.1) is 0 Å². The fourth-order valence-corrected chi connectivity index (χ4v) is 2.77. The molecule has 176 valence electrons. The van der Waals surface area contributed by atoms with E-state index in [0.717, 1.165) is 0 Å². The summed E-state index contributed by atoms with van der Waals surface area (Å²) in [6.45, 7) is 4.38. The molecule has 9 heteroatoms. The zero-order chi connectivity index (χ0) is 24.4. The molecule has 0 bridgehead atoms. The van der Waals surface area contributed by atoms with Gasteiger partial charge in [-0.3, -0.25) is 9.59 Å². The molecule has 2 aromatic rings. The van der Waals surface area contributed by atoms with Crippen LogP contribution in [-0.4, -0.2) is 53.7 Å². The number of carbonyl (C=O) groups excluding carboxylic acids is 3. The first kappa shape index (κ1) is 25.4. The van der Waals surface area contributed by atoms with E-state index in [1.54, 1.807) is 75.4 Å². The SMILES string of the molecule is CC(C)(C)OC(=O)C(Cc1ccc(OCC(=O)O)cc1)NC(=O)CNC(=O)c1ccccc1. The summed E-state index contributed by atoms with van der Waals surface area (Å²) >= 11 is 0. The van der Waals surface area contributed by atoms with Crippen molar-refractivity contribution in [3.05, 3.63) is 65.7 Å². The molecule has 0 radical (unpaired) electrons. The Morgan fingerprint density at radius 2 is 1.61 bits per heavy atom. The van der Waals surface area contributed by atoms with Crippen molar-refractivity contribution < 1.29 is 33.8 Å². The van der Waals surface area contributed by atoms with E-state index in [2.05, 4.69) is 10.6 Å². The summed E-state index contributed by atoms with van der Waals surface area (Å²) in [5.74, 6) is -2.29. The second-order valence-corrected chi connectivity index (χ2v) is 8.23. The molecule has 0 fully saturated rings. The van der Waals surface area contributed by atoms with Crippen molar-refractivity contribution in [3.8, 4) is 5.75 Å². The Balaban J connectivity index is 2.02. The largest absolute Gasteiger partial charge is 0.482 e. The average Bonchev–Trinajstić information content (AvgIpc) is 2.76. The summed E-state index contributed by atoms with van der Waals surface area (Å²) in [6.07, 6.45) is 0.131. The van der Waals surface area contributed by atoms with Gasteiger partial charge in [0.2, 0.25) is 5.91 Å². The van der Waals surface area contributed by atoms with Crippen LogP contribution in [0.4, 0.5) is 0 Å². The molecule has 0 aliphatic heterocycles. The van der Waals surface area contributed by atoms with E-state index >= 15 is 0 Å². The fraction of sp³-hybridized carbons (Fsp3) is 0.333. The van der Waals surface area contributed by atoms with Crippen LogP contribution < -0.4 is 15.4 Å². The van der Waals surface area contributed by atoms with Crippen molar-refractivity contribution in [2.45, 2.75) is 38.8 Å². The quantitative estimate of drug-likeness (QED) is 0.466. The number of hydrogen-bond donors (Lipinski definition) is 3. The van der Waals surface area contributed by atoms with Gasteiger partial charge in [0.15, 0.2) is 6.61 Å². The average molecular weight is 456 g/mol. The van der Waals surface area contributed by atoms with Gasteiger partial charge in [0, 0.05) is 12.0 Å². The van der Waals surface area contributed by atoms with Crippen LogP contribution in [0, 0.1) is 0 Å². The van der Waals surface area contributed by atoms with E-state index in [9.17, 15) is 19.2 Å². The molecule has 0 aliphatic rings. The van der Waals surface area contributed by atoms with Gasteiger partial charge in [-0.05, 0) is 50.6 Å². The number of ether oxygens (including phenoxy) is 2. The standard InChI is InChI=1S/C24H28N2O7/c1-24(2,3)33-23(31)19(13-16-9-11-18(12-10-16)32-15-21(28)29)26-20(27)14-25-22(30)17-7-5-4-6-8-17/h4-12,19H,13-15H2,1-3H3,(H,25,30)(H,26,27)(H,28,29). The van der Waals surface area contributed by atoms with Crippen LogP contribution in [0.1, 0.15) is 36.7 Å². The predicted molar refractivity (Wildman–Crippen MR) is 120 cm³/mol. The third kappa shape index (κ3) is 9.42. The minimum Gasteiger partial charge on any atom is -0.482 e. The van der Waals surface area contributed by atoms with Gasteiger partial charge in [-0.2, -0.15) is 0 Å². The fourth-order valence-electron chi connectivity index (χ4n) is 2.77. The van der Waals surface area contributed by atoms with Crippen molar-refractivity contribution in [2.75, 3.05) is 13.2 Å². The molecule has 2 amide bonds. The summed E-state index contributed by atoms with van der Waals surface area (Å²) in [5, 5.41) is 13.8. The van der Waals surface area contributed by atoms with Gasteiger partial charge in [0.05, 0.1) is 6.54 Å². The minimum atomic E-state index is -1.09. The van der Waals surface area contributed by atoms with Crippen LogP contribution in [0.2, 0.25) is 0 Å². The number of amides is 2. The van der Waals surface area contributed by atoms with Gasteiger partial charge in [-0.1, -0.05) is 30.3 Å². The maximum Gasteiger partial charge on any atom is 0.341 e. The highest BCUT2D eigenvalue weighted by atomic mass is 16.6. The Morgan fingerprint density at radius 3 is 2.18 bits per heavy atom. The van der Waals surface area contributed by atoms with Gasteiger partial charge >= 0.3 is 11.9 Å². The first-order chi connectivity index (χ1) is 15.5. The molecule has 1 atom stereocenters. The monoisotopic (exact) mass is 456 g/mol. The number of benzene rings is 2. The molecule has 2 rings (SSSR count). The molecule has 0 aliphatic carbocycles. The van der Waals surface area contributed by atoms with Crippen LogP contribution in [0.25, 0.3) is 0 Å². The molecular formula is C24H28N2O7. The Bertz CT molecular complexity index is 967. The molecule has 0 saturated carbocycles. The van der Waals surface area contributed by atoms with Crippen molar-refractivity contribution in [3.63, 3.8) is 0 Å². The van der Waals surface area contributed by atoms with E-state index in [1.165, 1.54) is 0 Å². The second kappa shape index (κ2) is 11.7. The maximum absolute atomic E-state index is 12.7. The lowest BCUT2D eigenvalue weighted by molar-refractivity contribution is -0.158. The van der Waals surface area contributed by atoms with E-state index in [-0.39, 0.29) is 13.0 Å². The number of carboxylic acid groups (broad SMARTS) is 1. The first-order valence-corrected chi connectivity index (χ1v) is 10.3. The molecule has 2 aromatic carbocycles. The molecule has 0 spiro atoms. The summed E-state index contributed by atoms with van der Waals surface area (Å²) in [4.78, 5) is 47.9. The summed E-state index contributed by atoms with van der Waals surface area (Å²) in [5.41, 5.74) is 0.359. The molecule has 3 N–H and O–H groups in total. The van der Waals surface area contributed by atoms with Crippen molar-refractivity contribution >= 4 is 23.8 Å². The highest BCUT2D eigenvalue weighted by Gasteiger charge is 2.27. The lowest BCUT2D eigenvalue weighted by atomic mass is 10.1. The van der Waals surface area contributed by atoms with E-state index in [1.807, 2.05) is 0 Å². The van der Waals surface area contributed by atoms with Crippen molar-refractivity contribution in [1.82, 2.24) is 10.6 Å². The molecule has 0 aromatic heterocycles. The Morgan fingerprint density at radius 1 is 0.970 bits per heavy atom. The first-order valence-electron chi connectivity index (χ1n) is 10.3. The Kier molecular flexibility index (Phi) is 8.97. The van der Waals surface area contributed by atoms with Crippen LogP contribution in [0.15, 0.2) is 54.6 Å². The van der Waals surface area contributed by atoms with E-state index in [4.69, 9.17) is 14.6 Å². The van der Waals surface area contributed by atoms with E-state index in [0.29, 0.717) is 16.9 Å². The van der Waals surface area contributed by atoms with Gasteiger partial charge < -0.3 is 25.2 Å². The van der Waals surface area contributed by atoms with Crippen molar-refractivity contribution in [2.24, 2.45) is 0 Å². The normalized spacial score (nSPS) is 11.7. The predicted octanol–water partition coefficient (Wildman–Crippen LogP) is 1.95. The van der Waals surface area contributed by atoms with Gasteiger partial charge in [-0.25, -0.2) is 9.59 Å².